The van der Waals surface area contributed by atoms with Crippen LogP contribution in [-0.2, 0) is 4.79 Å². The second-order valence-electron chi connectivity index (χ2n) is 4.79. The van der Waals surface area contributed by atoms with Crippen molar-refractivity contribution in [2.75, 3.05) is 19.0 Å². The van der Waals surface area contributed by atoms with Crippen LogP contribution in [0.3, 0.4) is 0 Å². The average Bonchev–Trinajstić information content (AvgIpc) is 2.92. The average molecular weight is 264 g/mol. The Morgan fingerprint density at radius 1 is 1.42 bits per heavy atom. The Bertz CT molecular complexity index is 442. The summed E-state index contributed by atoms with van der Waals surface area (Å²) in [4.78, 5) is 11.8. The molecule has 0 spiro atoms. The number of phenols is 1. The van der Waals surface area contributed by atoms with E-state index in [1.807, 2.05) is 0 Å². The maximum absolute atomic E-state index is 11.8. The summed E-state index contributed by atoms with van der Waals surface area (Å²) < 4.78 is 4.98. The van der Waals surface area contributed by atoms with Crippen LogP contribution in [0.15, 0.2) is 18.2 Å². The van der Waals surface area contributed by atoms with Crippen molar-refractivity contribution < 1.29 is 14.6 Å². The van der Waals surface area contributed by atoms with Crippen LogP contribution in [0.2, 0.25) is 0 Å². The number of aromatic hydroxyl groups is 1. The number of phenolic OH excluding ortho intramolecular Hbond substituents is 1. The number of hydrogen-bond donors (Lipinski definition) is 3. The number of nitrogens with one attached hydrogen (secondary N) is 2. The Labute approximate surface area is 113 Å². The Morgan fingerprint density at radius 3 is 2.79 bits per heavy atom. The lowest BCUT2D eigenvalue weighted by atomic mass is 10.2. The van der Waals surface area contributed by atoms with E-state index in [1.54, 1.807) is 12.1 Å². The van der Waals surface area contributed by atoms with Gasteiger partial charge in [0, 0.05) is 12.1 Å². The molecule has 0 atom stereocenters. The minimum atomic E-state index is -0.146. The highest BCUT2D eigenvalue weighted by Crippen LogP contribution is 2.27. The molecule has 3 N–H and O–H groups in total. The highest BCUT2D eigenvalue weighted by molar-refractivity contribution is 5.93. The highest BCUT2D eigenvalue weighted by Gasteiger charge is 2.15. The summed E-state index contributed by atoms with van der Waals surface area (Å²) in [7, 11) is 1.53. The van der Waals surface area contributed by atoms with Gasteiger partial charge in [-0.15, -0.1) is 0 Å². The minimum absolute atomic E-state index is 0.00793. The van der Waals surface area contributed by atoms with Crippen LogP contribution in [0.25, 0.3) is 0 Å². The van der Waals surface area contributed by atoms with Crippen LogP contribution in [0.4, 0.5) is 5.69 Å². The van der Waals surface area contributed by atoms with Crippen LogP contribution in [0.5, 0.6) is 11.5 Å². The van der Waals surface area contributed by atoms with Crippen LogP contribution in [0, 0.1) is 0 Å². The Morgan fingerprint density at radius 2 is 2.16 bits per heavy atom. The van der Waals surface area contributed by atoms with Crippen LogP contribution in [0.1, 0.15) is 25.7 Å². The van der Waals surface area contributed by atoms with Crippen LogP contribution in [-0.4, -0.2) is 30.7 Å². The lowest BCUT2D eigenvalue weighted by Crippen LogP contribution is -2.34. The molecule has 0 saturated heterocycles. The zero-order chi connectivity index (χ0) is 13.7. The molecule has 0 heterocycles. The summed E-state index contributed by atoms with van der Waals surface area (Å²) in [6.07, 6.45) is 4.75. The fraction of sp³-hybridized carbons (Fsp3) is 0.500. The second-order valence-corrected chi connectivity index (χ2v) is 4.79. The van der Waals surface area contributed by atoms with Crippen LogP contribution >= 0.6 is 0 Å². The molecule has 1 aromatic carbocycles. The van der Waals surface area contributed by atoms with E-state index < -0.39 is 0 Å². The van der Waals surface area contributed by atoms with Crippen LogP contribution < -0.4 is 15.4 Å². The van der Waals surface area contributed by atoms with Gasteiger partial charge in [-0.3, -0.25) is 4.79 Å². The number of anilines is 1. The van der Waals surface area contributed by atoms with E-state index in [9.17, 15) is 9.90 Å². The molecule has 0 aromatic heterocycles. The molecule has 1 saturated carbocycles. The number of ether oxygens (including phenoxy) is 1. The summed E-state index contributed by atoms with van der Waals surface area (Å²) >= 11 is 0. The summed E-state index contributed by atoms with van der Waals surface area (Å²) in [5.74, 6) is 0.417. The molecule has 0 unspecified atom stereocenters. The smallest absolute Gasteiger partial charge is 0.238 e. The maximum Gasteiger partial charge on any atom is 0.238 e. The van der Waals surface area contributed by atoms with E-state index in [0.29, 0.717) is 17.5 Å². The second kappa shape index (κ2) is 6.43. The lowest BCUT2D eigenvalue weighted by molar-refractivity contribution is -0.115. The largest absolute Gasteiger partial charge is 0.506 e. The molecule has 1 aliphatic rings. The van der Waals surface area contributed by atoms with Gasteiger partial charge in [0.25, 0.3) is 0 Å². The van der Waals surface area contributed by atoms with Gasteiger partial charge in [-0.05, 0) is 25.0 Å². The van der Waals surface area contributed by atoms with Crippen molar-refractivity contribution in [3.05, 3.63) is 18.2 Å². The van der Waals surface area contributed by atoms with Gasteiger partial charge in [-0.25, -0.2) is 0 Å². The highest BCUT2D eigenvalue weighted by atomic mass is 16.5. The number of rotatable bonds is 5. The summed E-state index contributed by atoms with van der Waals surface area (Å²) in [6, 6.07) is 5.25. The van der Waals surface area contributed by atoms with Gasteiger partial charge in [0.1, 0.15) is 11.5 Å². The van der Waals surface area contributed by atoms with Crippen molar-refractivity contribution in [3.8, 4) is 11.5 Å². The fourth-order valence-electron chi connectivity index (χ4n) is 2.31. The number of carbonyl (C=O) groups is 1. The van der Waals surface area contributed by atoms with Gasteiger partial charge in [0.2, 0.25) is 5.91 Å². The normalized spacial score (nSPS) is 15.4. The summed E-state index contributed by atoms with van der Waals surface area (Å²) in [6.45, 7) is 0.274. The fourth-order valence-corrected chi connectivity index (χ4v) is 2.31. The molecule has 0 aliphatic heterocycles. The first-order valence-electron chi connectivity index (χ1n) is 6.59. The Kier molecular flexibility index (Phi) is 4.63. The predicted octanol–water partition coefficient (Wildman–Crippen LogP) is 1.87. The zero-order valence-corrected chi connectivity index (χ0v) is 11.1. The topological polar surface area (TPSA) is 70.6 Å². The van der Waals surface area contributed by atoms with Gasteiger partial charge in [0.15, 0.2) is 0 Å². The van der Waals surface area contributed by atoms with Gasteiger partial charge < -0.3 is 20.5 Å². The van der Waals surface area contributed by atoms with Crippen molar-refractivity contribution in [1.82, 2.24) is 5.32 Å². The van der Waals surface area contributed by atoms with E-state index in [4.69, 9.17) is 4.74 Å². The van der Waals surface area contributed by atoms with E-state index in [-0.39, 0.29) is 18.2 Å². The lowest BCUT2D eigenvalue weighted by Gasteiger charge is -2.12. The number of hydrogen-bond acceptors (Lipinski definition) is 4. The van der Waals surface area contributed by atoms with Crippen molar-refractivity contribution >= 4 is 11.6 Å². The van der Waals surface area contributed by atoms with Gasteiger partial charge in [-0.2, -0.15) is 0 Å². The third-order valence-corrected chi connectivity index (χ3v) is 3.39. The molecular formula is C14H20N2O3. The monoisotopic (exact) mass is 264 g/mol. The first-order chi connectivity index (χ1) is 9.19. The maximum atomic E-state index is 11.8. The number of benzene rings is 1. The first kappa shape index (κ1) is 13.7. The van der Waals surface area contributed by atoms with E-state index in [1.165, 1.54) is 26.0 Å². The minimum Gasteiger partial charge on any atom is -0.506 e. The SMILES string of the molecule is COc1ccc(NC(=O)CNC2CCCC2)c(O)c1. The molecule has 2 rings (SSSR count). The van der Waals surface area contributed by atoms with Crippen molar-refractivity contribution in [2.24, 2.45) is 0 Å². The number of methoxy groups -OCH3 is 1. The molecular weight excluding hydrogens is 244 g/mol. The molecule has 1 aromatic rings. The zero-order valence-electron chi connectivity index (χ0n) is 11.1. The quantitative estimate of drug-likeness (QED) is 0.710. The summed E-state index contributed by atoms with van der Waals surface area (Å²) in [5, 5.41) is 15.6. The molecule has 0 radical (unpaired) electrons. The van der Waals surface area contributed by atoms with Gasteiger partial charge in [-0.1, -0.05) is 12.8 Å². The molecule has 104 valence electrons. The predicted molar refractivity (Wildman–Crippen MR) is 73.5 cm³/mol. The molecule has 1 amide bonds. The Hall–Kier alpha value is -1.75. The van der Waals surface area contributed by atoms with E-state index in [2.05, 4.69) is 10.6 Å². The van der Waals surface area contributed by atoms with E-state index >= 15 is 0 Å². The van der Waals surface area contributed by atoms with Crippen molar-refractivity contribution in [3.63, 3.8) is 0 Å². The molecule has 1 fully saturated rings. The first-order valence-corrected chi connectivity index (χ1v) is 6.59. The third-order valence-electron chi connectivity index (χ3n) is 3.39. The van der Waals surface area contributed by atoms with Crippen molar-refractivity contribution in [1.29, 1.82) is 0 Å². The molecule has 0 bridgehead atoms. The molecule has 19 heavy (non-hydrogen) atoms. The van der Waals surface area contributed by atoms with E-state index in [0.717, 1.165) is 12.8 Å². The molecule has 5 nitrogen and oxygen atoms in total. The number of amides is 1. The standard InChI is InChI=1S/C14H20N2O3/c1-19-11-6-7-12(13(17)8-11)16-14(18)9-15-10-4-2-3-5-10/h6-8,10,15,17H,2-5,9H2,1H3,(H,16,18). The number of carbonyl (C=O) groups excluding carboxylic acids is 1. The van der Waals surface area contributed by atoms with Gasteiger partial charge in [0.05, 0.1) is 19.3 Å². The summed E-state index contributed by atoms with van der Waals surface area (Å²) in [5.41, 5.74) is 0.402. The molecule has 5 heteroatoms. The third kappa shape index (κ3) is 3.86. The van der Waals surface area contributed by atoms with Crippen molar-refractivity contribution in [2.45, 2.75) is 31.7 Å². The van der Waals surface area contributed by atoms with Gasteiger partial charge >= 0.3 is 0 Å². The Balaban J connectivity index is 1.84. The molecule has 1 aliphatic carbocycles.